The molecule has 41 heavy (non-hydrogen) atoms. The molecule has 0 radical (unpaired) electrons. The smallest absolute Gasteiger partial charge is 0.223 e. The minimum atomic E-state index is 0.128. The van der Waals surface area contributed by atoms with E-state index in [2.05, 4.69) is 57.2 Å². The van der Waals surface area contributed by atoms with Crippen LogP contribution in [-0.2, 0) is 22.6 Å². The van der Waals surface area contributed by atoms with Gasteiger partial charge in [-0.2, -0.15) is 0 Å². The lowest BCUT2D eigenvalue weighted by atomic mass is 10.0. The predicted molar refractivity (Wildman–Crippen MR) is 167 cm³/mol. The first-order valence-electron chi connectivity index (χ1n) is 16.1. The summed E-state index contributed by atoms with van der Waals surface area (Å²) in [6.07, 6.45) is 9.86. The summed E-state index contributed by atoms with van der Waals surface area (Å²) >= 11 is 0. The number of carbonyl (C=O) groups excluding carboxylic acids is 1. The number of hydrogen-bond donors (Lipinski definition) is 0. The number of benzene rings is 2. The molecule has 1 amide bonds. The molecule has 0 bridgehead atoms. The molecule has 3 heterocycles. The van der Waals surface area contributed by atoms with Gasteiger partial charge in [-0.25, -0.2) is 0 Å². The topological polar surface area (TPSA) is 48.5 Å². The fourth-order valence-electron chi connectivity index (χ4n) is 6.49. The first-order valence-corrected chi connectivity index (χ1v) is 16.1. The highest BCUT2D eigenvalue weighted by molar-refractivity contribution is 5.92. The fraction of sp³-hybridized carbons (Fsp3) is 0.618. The Morgan fingerprint density at radius 3 is 2.29 bits per heavy atom. The van der Waals surface area contributed by atoms with Gasteiger partial charge in [0.15, 0.2) is 0 Å². The zero-order valence-electron chi connectivity index (χ0n) is 25.2. The van der Waals surface area contributed by atoms with Gasteiger partial charge in [0.25, 0.3) is 0 Å². The molecule has 7 heteroatoms. The molecule has 0 atom stereocenters. The molecule has 2 saturated heterocycles. The maximum atomic E-state index is 12.8. The minimum absolute atomic E-state index is 0.128. The number of hydrogen-bond acceptors (Lipinski definition) is 6. The molecule has 3 aliphatic rings. The number of piperidine rings is 1. The molecule has 0 unspecified atom stereocenters. The maximum Gasteiger partial charge on any atom is 0.223 e. The number of morpholine rings is 1. The first-order chi connectivity index (χ1) is 20.2. The maximum absolute atomic E-state index is 12.8. The van der Waals surface area contributed by atoms with Crippen LogP contribution in [-0.4, -0.2) is 81.3 Å². The predicted octanol–water partition coefficient (Wildman–Crippen LogP) is 5.71. The van der Waals surface area contributed by atoms with E-state index in [0.29, 0.717) is 0 Å². The largest absolute Gasteiger partial charge is 0.492 e. The van der Waals surface area contributed by atoms with Crippen molar-refractivity contribution in [1.82, 2.24) is 9.80 Å². The molecule has 0 aliphatic carbocycles. The van der Waals surface area contributed by atoms with E-state index in [1.54, 1.807) is 6.92 Å². The summed E-state index contributed by atoms with van der Waals surface area (Å²) in [6.45, 7) is 12.7. The molecule has 0 N–H and O–H groups in total. The van der Waals surface area contributed by atoms with E-state index < -0.39 is 0 Å². The van der Waals surface area contributed by atoms with Crippen molar-refractivity contribution >= 4 is 17.3 Å². The number of rotatable bonds is 7. The average molecular weight is 563 g/mol. The van der Waals surface area contributed by atoms with Gasteiger partial charge < -0.3 is 19.3 Å². The number of likely N-dealkylation sites (tertiary alicyclic amines) is 1. The van der Waals surface area contributed by atoms with E-state index in [1.165, 1.54) is 74.8 Å². The lowest BCUT2D eigenvalue weighted by molar-refractivity contribution is -0.116. The second-order valence-corrected chi connectivity index (χ2v) is 12.0. The standard InChI is InChI=1S/C34H50N4O3/c1-29(39)38-18-9-4-2-3-6-17-36(28-31-26-32(13-14-34(31)38)37-20-22-40-23-21-37)27-30-11-10-12-33(25-30)41-24-19-35-15-7-5-8-16-35/h10-14,25-26H,2-9,15-24,27-28H2,1H3. The molecular formula is C34H50N4O3. The molecule has 3 aliphatic heterocycles. The summed E-state index contributed by atoms with van der Waals surface area (Å²) in [6, 6.07) is 15.4. The van der Waals surface area contributed by atoms with Crippen molar-refractivity contribution in [3.8, 4) is 5.75 Å². The third kappa shape index (κ3) is 8.94. The summed E-state index contributed by atoms with van der Waals surface area (Å²) in [7, 11) is 0. The second-order valence-electron chi connectivity index (χ2n) is 12.0. The van der Waals surface area contributed by atoms with E-state index in [4.69, 9.17) is 9.47 Å². The zero-order valence-corrected chi connectivity index (χ0v) is 25.2. The van der Waals surface area contributed by atoms with Crippen LogP contribution in [0.15, 0.2) is 42.5 Å². The van der Waals surface area contributed by atoms with Crippen LogP contribution >= 0.6 is 0 Å². The fourth-order valence-corrected chi connectivity index (χ4v) is 6.49. The van der Waals surface area contributed by atoms with Crippen LogP contribution in [0.5, 0.6) is 5.75 Å². The van der Waals surface area contributed by atoms with Gasteiger partial charge in [-0.15, -0.1) is 0 Å². The van der Waals surface area contributed by atoms with Crippen molar-refractivity contribution in [3.05, 3.63) is 53.6 Å². The number of fused-ring (bicyclic) bond motifs is 1. The molecule has 224 valence electrons. The van der Waals surface area contributed by atoms with Gasteiger partial charge in [0, 0.05) is 57.6 Å². The highest BCUT2D eigenvalue weighted by Gasteiger charge is 2.21. The monoisotopic (exact) mass is 562 g/mol. The third-order valence-corrected chi connectivity index (χ3v) is 8.79. The van der Waals surface area contributed by atoms with E-state index in [9.17, 15) is 4.79 Å². The number of ether oxygens (including phenoxy) is 2. The summed E-state index contributed by atoms with van der Waals surface area (Å²) in [4.78, 5) is 22.3. The Hall–Kier alpha value is -2.61. The van der Waals surface area contributed by atoms with Crippen LogP contribution in [0.2, 0.25) is 0 Å². The van der Waals surface area contributed by atoms with E-state index in [0.717, 1.165) is 83.5 Å². The highest BCUT2D eigenvalue weighted by Crippen LogP contribution is 2.30. The molecule has 0 spiro atoms. The summed E-state index contributed by atoms with van der Waals surface area (Å²) in [5.41, 5.74) is 4.81. The Kier molecular flexibility index (Phi) is 11.3. The molecule has 0 aromatic heterocycles. The summed E-state index contributed by atoms with van der Waals surface area (Å²) < 4.78 is 11.8. The average Bonchev–Trinajstić information content (AvgIpc) is 2.99. The van der Waals surface area contributed by atoms with Crippen LogP contribution in [0, 0.1) is 0 Å². The van der Waals surface area contributed by atoms with Crippen LogP contribution in [0.3, 0.4) is 0 Å². The van der Waals surface area contributed by atoms with Crippen LogP contribution in [0.25, 0.3) is 0 Å². The molecule has 2 aromatic rings. The lowest BCUT2D eigenvalue weighted by Crippen LogP contribution is -2.36. The van der Waals surface area contributed by atoms with Crippen LogP contribution in [0.4, 0.5) is 11.4 Å². The van der Waals surface area contributed by atoms with Gasteiger partial charge in [0.2, 0.25) is 5.91 Å². The SMILES string of the molecule is CC(=O)N1CCCCCCCN(Cc2cccc(OCCN3CCCCC3)c2)Cc2cc(N3CCOCC3)ccc21. The number of carbonyl (C=O) groups is 1. The van der Waals surface area contributed by atoms with Gasteiger partial charge >= 0.3 is 0 Å². The first kappa shape index (κ1) is 29.9. The second kappa shape index (κ2) is 15.6. The Morgan fingerprint density at radius 2 is 1.51 bits per heavy atom. The lowest BCUT2D eigenvalue weighted by Gasteiger charge is -2.32. The van der Waals surface area contributed by atoms with Crippen molar-refractivity contribution in [2.45, 2.75) is 71.4 Å². The van der Waals surface area contributed by atoms with Crippen LogP contribution in [0.1, 0.15) is 69.4 Å². The normalized spacial score (nSPS) is 20.1. The highest BCUT2D eigenvalue weighted by atomic mass is 16.5. The minimum Gasteiger partial charge on any atom is -0.492 e. The van der Waals surface area contributed by atoms with Crippen molar-refractivity contribution in [3.63, 3.8) is 0 Å². The Bertz CT molecular complexity index is 1100. The van der Waals surface area contributed by atoms with Crippen molar-refractivity contribution in [1.29, 1.82) is 0 Å². The van der Waals surface area contributed by atoms with Crippen molar-refractivity contribution in [2.24, 2.45) is 0 Å². The number of amides is 1. The molecule has 2 fully saturated rings. The Morgan fingerprint density at radius 1 is 0.805 bits per heavy atom. The van der Waals surface area contributed by atoms with E-state index in [-0.39, 0.29) is 5.91 Å². The molecule has 0 saturated carbocycles. The Balaban J connectivity index is 1.33. The van der Waals surface area contributed by atoms with Crippen LogP contribution < -0.4 is 14.5 Å². The van der Waals surface area contributed by atoms with Gasteiger partial charge in [0.05, 0.1) is 13.2 Å². The van der Waals surface area contributed by atoms with E-state index >= 15 is 0 Å². The van der Waals surface area contributed by atoms with Crippen molar-refractivity contribution < 1.29 is 14.3 Å². The van der Waals surface area contributed by atoms with Gasteiger partial charge in [-0.05, 0) is 86.8 Å². The number of anilines is 2. The summed E-state index contributed by atoms with van der Waals surface area (Å²) in [5.74, 6) is 1.09. The van der Waals surface area contributed by atoms with Gasteiger partial charge in [-0.1, -0.05) is 37.8 Å². The molecule has 2 aromatic carbocycles. The van der Waals surface area contributed by atoms with E-state index in [1.807, 2.05) is 4.90 Å². The van der Waals surface area contributed by atoms with Gasteiger partial charge in [0.1, 0.15) is 12.4 Å². The molecule has 5 rings (SSSR count). The Labute approximate surface area is 247 Å². The molecular weight excluding hydrogens is 512 g/mol. The summed E-state index contributed by atoms with van der Waals surface area (Å²) in [5, 5.41) is 0. The quantitative estimate of drug-likeness (QED) is 0.431. The number of nitrogens with zero attached hydrogens (tertiary/aromatic N) is 4. The molecule has 7 nitrogen and oxygen atoms in total. The zero-order chi connectivity index (χ0) is 28.3. The third-order valence-electron chi connectivity index (χ3n) is 8.79. The van der Waals surface area contributed by atoms with Gasteiger partial charge in [-0.3, -0.25) is 14.6 Å². The van der Waals surface area contributed by atoms with Crippen molar-refractivity contribution in [2.75, 3.05) is 75.4 Å².